The monoisotopic (exact) mass is 461 g/mol. The SMILES string of the molecule is [C-]#[N+]c1cc([C@@H]2CN3CCN(C(=O)Cc4ccc(-n5cnnn5)cc4)C[C@H]3CO2)c(F)cc1C. The van der Waals surface area contributed by atoms with Gasteiger partial charge in [0.1, 0.15) is 12.1 Å². The fraction of sp³-hybridized carbons (Fsp3) is 0.375. The van der Waals surface area contributed by atoms with Crippen LogP contribution < -0.4 is 0 Å². The lowest BCUT2D eigenvalue weighted by molar-refractivity contribution is -0.139. The van der Waals surface area contributed by atoms with E-state index in [9.17, 15) is 9.18 Å². The number of tetrazole rings is 1. The van der Waals surface area contributed by atoms with Crippen molar-refractivity contribution in [1.29, 1.82) is 0 Å². The van der Waals surface area contributed by atoms with Gasteiger partial charge in [0, 0.05) is 31.7 Å². The minimum Gasteiger partial charge on any atom is -0.370 e. The summed E-state index contributed by atoms with van der Waals surface area (Å²) in [5.74, 6) is -0.267. The number of carbonyl (C=O) groups is 1. The molecule has 2 aliphatic heterocycles. The summed E-state index contributed by atoms with van der Waals surface area (Å²) in [7, 11) is 0. The van der Waals surface area contributed by atoms with Crippen molar-refractivity contribution in [2.24, 2.45) is 0 Å². The highest BCUT2D eigenvalue weighted by molar-refractivity contribution is 5.79. The van der Waals surface area contributed by atoms with Crippen molar-refractivity contribution in [3.63, 3.8) is 0 Å². The van der Waals surface area contributed by atoms with Crippen molar-refractivity contribution in [1.82, 2.24) is 30.0 Å². The van der Waals surface area contributed by atoms with E-state index >= 15 is 0 Å². The van der Waals surface area contributed by atoms with E-state index in [2.05, 4.69) is 25.3 Å². The minimum absolute atomic E-state index is 0.0724. The molecule has 2 aromatic carbocycles. The Morgan fingerprint density at radius 2 is 2.06 bits per heavy atom. The van der Waals surface area contributed by atoms with Gasteiger partial charge < -0.3 is 9.64 Å². The number of morpholine rings is 1. The van der Waals surface area contributed by atoms with E-state index in [1.807, 2.05) is 29.2 Å². The largest absolute Gasteiger partial charge is 0.370 e. The van der Waals surface area contributed by atoms with Gasteiger partial charge >= 0.3 is 0 Å². The molecule has 0 aliphatic carbocycles. The first-order chi connectivity index (χ1) is 16.5. The number of amides is 1. The van der Waals surface area contributed by atoms with Crippen molar-refractivity contribution in [2.45, 2.75) is 25.5 Å². The molecule has 9 nitrogen and oxygen atoms in total. The van der Waals surface area contributed by atoms with Crippen LogP contribution in [0.3, 0.4) is 0 Å². The van der Waals surface area contributed by atoms with Crippen LogP contribution in [-0.4, -0.2) is 74.7 Å². The van der Waals surface area contributed by atoms with Gasteiger partial charge in [-0.1, -0.05) is 12.1 Å². The molecule has 174 valence electrons. The molecule has 0 N–H and O–H groups in total. The quantitative estimate of drug-likeness (QED) is 0.556. The maximum atomic E-state index is 14.6. The average molecular weight is 462 g/mol. The average Bonchev–Trinajstić information content (AvgIpc) is 3.39. The van der Waals surface area contributed by atoms with E-state index in [1.165, 1.54) is 12.4 Å². The Morgan fingerprint density at radius 1 is 1.24 bits per heavy atom. The molecule has 0 bridgehead atoms. The number of ether oxygens (including phenoxy) is 1. The van der Waals surface area contributed by atoms with Crippen molar-refractivity contribution in [3.8, 4) is 5.69 Å². The summed E-state index contributed by atoms with van der Waals surface area (Å²) in [5.41, 5.74) is 3.26. The topological polar surface area (TPSA) is 80.7 Å². The number of piperazine rings is 1. The van der Waals surface area contributed by atoms with Crippen molar-refractivity contribution in [3.05, 3.63) is 76.7 Å². The summed E-state index contributed by atoms with van der Waals surface area (Å²) in [6, 6.07) is 10.7. The molecule has 2 saturated heterocycles. The Kier molecular flexibility index (Phi) is 6.04. The molecule has 0 saturated carbocycles. The van der Waals surface area contributed by atoms with E-state index < -0.39 is 6.10 Å². The second-order valence-electron chi connectivity index (χ2n) is 8.68. The van der Waals surface area contributed by atoms with Crippen LogP contribution in [0, 0.1) is 19.3 Å². The summed E-state index contributed by atoms with van der Waals surface area (Å²) in [6.45, 7) is 11.9. The third-order valence-corrected chi connectivity index (χ3v) is 6.54. The van der Waals surface area contributed by atoms with Gasteiger partial charge in [0.2, 0.25) is 5.91 Å². The Bertz CT molecular complexity index is 1220. The number of hydrogen-bond donors (Lipinski definition) is 0. The number of aromatic nitrogens is 4. The fourth-order valence-electron chi connectivity index (χ4n) is 4.58. The Hall–Kier alpha value is -3.68. The maximum Gasteiger partial charge on any atom is 0.227 e. The molecule has 1 aromatic heterocycles. The smallest absolute Gasteiger partial charge is 0.227 e. The van der Waals surface area contributed by atoms with Crippen LogP contribution in [0.15, 0.2) is 42.7 Å². The highest BCUT2D eigenvalue weighted by Gasteiger charge is 2.36. The molecule has 3 heterocycles. The van der Waals surface area contributed by atoms with Crippen LogP contribution in [0.4, 0.5) is 10.1 Å². The lowest BCUT2D eigenvalue weighted by Crippen LogP contribution is -2.59. The predicted octanol–water partition coefficient (Wildman–Crippen LogP) is 2.49. The van der Waals surface area contributed by atoms with Gasteiger partial charge in [-0.15, -0.1) is 5.10 Å². The Labute approximate surface area is 196 Å². The van der Waals surface area contributed by atoms with Crippen molar-refractivity contribution in [2.75, 3.05) is 32.8 Å². The van der Waals surface area contributed by atoms with E-state index in [-0.39, 0.29) is 17.8 Å². The van der Waals surface area contributed by atoms with Gasteiger partial charge in [-0.05, 0) is 52.7 Å². The normalized spacial score (nSPS) is 20.6. The number of aryl methyl sites for hydroxylation is 1. The summed E-state index contributed by atoms with van der Waals surface area (Å²) in [6.07, 6.45) is 1.42. The van der Waals surface area contributed by atoms with E-state index in [0.29, 0.717) is 56.0 Å². The molecule has 1 amide bonds. The zero-order valence-corrected chi connectivity index (χ0v) is 18.8. The van der Waals surface area contributed by atoms with E-state index in [1.54, 1.807) is 17.7 Å². The molecular formula is C24H24FN7O2. The number of rotatable bonds is 4. The molecule has 0 radical (unpaired) electrons. The molecular weight excluding hydrogens is 437 g/mol. The molecule has 3 aromatic rings. The highest BCUT2D eigenvalue weighted by atomic mass is 19.1. The van der Waals surface area contributed by atoms with Crippen LogP contribution in [0.1, 0.15) is 22.8 Å². The van der Waals surface area contributed by atoms with Crippen LogP contribution >= 0.6 is 0 Å². The van der Waals surface area contributed by atoms with Crippen LogP contribution in [0.5, 0.6) is 0 Å². The predicted molar refractivity (Wildman–Crippen MR) is 121 cm³/mol. The lowest BCUT2D eigenvalue weighted by atomic mass is 10.0. The number of halogens is 1. The van der Waals surface area contributed by atoms with E-state index in [4.69, 9.17) is 11.3 Å². The van der Waals surface area contributed by atoms with E-state index in [0.717, 1.165) is 11.3 Å². The summed E-state index contributed by atoms with van der Waals surface area (Å²) in [4.78, 5) is 20.6. The van der Waals surface area contributed by atoms with Crippen LogP contribution in [0.2, 0.25) is 0 Å². The van der Waals surface area contributed by atoms with Gasteiger partial charge in [0.15, 0.2) is 5.69 Å². The fourth-order valence-corrected chi connectivity index (χ4v) is 4.58. The molecule has 2 aliphatic rings. The van der Waals surface area contributed by atoms with Gasteiger partial charge in [-0.2, -0.15) is 0 Å². The van der Waals surface area contributed by atoms with Crippen molar-refractivity contribution >= 4 is 11.6 Å². The summed E-state index contributed by atoms with van der Waals surface area (Å²) < 4.78 is 22.2. The van der Waals surface area contributed by atoms with Crippen LogP contribution in [0.25, 0.3) is 10.5 Å². The second kappa shape index (κ2) is 9.29. The lowest BCUT2D eigenvalue weighted by Gasteiger charge is -2.46. The molecule has 2 atom stereocenters. The summed E-state index contributed by atoms with van der Waals surface area (Å²) >= 11 is 0. The van der Waals surface area contributed by atoms with Gasteiger partial charge in [0.25, 0.3) is 0 Å². The maximum absolute atomic E-state index is 14.6. The molecule has 34 heavy (non-hydrogen) atoms. The van der Waals surface area contributed by atoms with Crippen molar-refractivity contribution < 1.29 is 13.9 Å². The molecule has 0 unspecified atom stereocenters. The Morgan fingerprint density at radius 3 is 2.79 bits per heavy atom. The zero-order chi connectivity index (χ0) is 23.7. The number of hydrogen-bond acceptors (Lipinski definition) is 6. The molecule has 5 rings (SSSR count). The molecule has 0 spiro atoms. The number of benzene rings is 2. The van der Waals surface area contributed by atoms with Crippen LogP contribution in [-0.2, 0) is 16.0 Å². The third kappa shape index (κ3) is 4.40. The standard InChI is InChI=1S/C24H24FN7O2/c1-16-9-21(25)20(11-22(16)26-2)23-13-30-7-8-31(12-19(30)14-34-23)24(33)10-17-3-5-18(6-4-17)32-15-27-28-29-32/h3-6,9,11,15,19,23H,7-8,10,12-14H2,1H3/t19-,23-/m0/s1. The highest BCUT2D eigenvalue weighted by Crippen LogP contribution is 2.32. The number of carbonyl (C=O) groups excluding carboxylic acids is 1. The zero-order valence-electron chi connectivity index (χ0n) is 18.8. The van der Waals surface area contributed by atoms with Gasteiger partial charge in [-0.3, -0.25) is 9.69 Å². The number of fused-ring (bicyclic) bond motifs is 1. The first kappa shape index (κ1) is 22.1. The molecule has 10 heteroatoms. The van der Waals surface area contributed by atoms with Gasteiger partial charge in [0.05, 0.1) is 37.4 Å². The van der Waals surface area contributed by atoms with Gasteiger partial charge in [-0.25, -0.2) is 13.9 Å². The third-order valence-electron chi connectivity index (χ3n) is 6.54. The molecule has 2 fully saturated rings. The first-order valence-corrected chi connectivity index (χ1v) is 11.1. The first-order valence-electron chi connectivity index (χ1n) is 11.1. The second-order valence-corrected chi connectivity index (χ2v) is 8.68. The summed E-state index contributed by atoms with van der Waals surface area (Å²) in [5, 5.41) is 11.1. The minimum atomic E-state index is -0.418. The number of nitrogens with zero attached hydrogens (tertiary/aromatic N) is 7. The Balaban J connectivity index is 1.19.